The van der Waals surface area contributed by atoms with E-state index in [4.69, 9.17) is 11.6 Å². The SMILES string of the molecule is Cc1cc(C(=O)Nc2ccc(F)cc2)nc(Nc2ccc(F)c(Cl)c2)n1. The molecule has 0 saturated heterocycles. The first kappa shape index (κ1) is 17.8. The van der Waals surface area contributed by atoms with Gasteiger partial charge in [-0.1, -0.05) is 11.6 Å². The lowest BCUT2D eigenvalue weighted by atomic mass is 10.2. The minimum absolute atomic E-state index is 0.0445. The van der Waals surface area contributed by atoms with Crippen LogP contribution in [0.4, 0.5) is 26.1 Å². The molecule has 0 bridgehead atoms. The summed E-state index contributed by atoms with van der Waals surface area (Å²) in [5.41, 5.74) is 1.59. The van der Waals surface area contributed by atoms with Crippen LogP contribution in [0.5, 0.6) is 0 Å². The molecule has 0 aliphatic heterocycles. The second-order valence-electron chi connectivity index (χ2n) is 5.43. The highest BCUT2D eigenvalue weighted by Crippen LogP contribution is 2.21. The van der Waals surface area contributed by atoms with Gasteiger partial charge in [-0.3, -0.25) is 4.79 Å². The monoisotopic (exact) mass is 374 g/mol. The lowest BCUT2D eigenvalue weighted by molar-refractivity contribution is 0.102. The van der Waals surface area contributed by atoms with Crippen molar-refractivity contribution in [1.82, 2.24) is 9.97 Å². The average molecular weight is 375 g/mol. The van der Waals surface area contributed by atoms with Crippen molar-refractivity contribution in [3.8, 4) is 0 Å². The molecular weight excluding hydrogens is 362 g/mol. The van der Waals surface area contributed by atoms with E-state index >= 15 is 0 Å². The van der Waals surface area contributed by atoms with Crippen molar-refractivity contribution < 1.29 is 13.6 Å². The Bertz CT molecular complexity index is 964. The van der Waals surface area contributed by atoms with Gasteiger partial charge in [0.1, 0.15) is 17.3 Å². The maximum atomic E-state index is 13.2. The molecule has 132 valence electrons. The number of amides is 1. The quantitative estimate of drug-likeness (QED) is 0.694. The summed E-state index contributed by atoms with van der Waals surface area (Å²) in [6.07, 6.45) is 0. The lowest BCUT2D eigenvalue weighted by Crippen LogP contribution is -2.15. The maximum absolute atomic E-state index is 13.2. The molecule has 0 saturated carbocycles. The van der Waals surface area contributed by atoms with E-state index in [0.29, 0.717) is 17.1 Å². The van der Waals surface area contributed by atoms with Crippen LogP contribution in [-0.2, 0) is 0 Å². The smallest absolute Gasteiger partial charge is 0.274 e. The first-order chi connectivity index (χ1) is 12.4. The van der Waals surface area contributed by atoms with Crippen molar-refractivity contribution in [3.63, 3.8) is 0 Å². The van der Waals surface area contributed by atoms with Crippen molar-refractivity contribution in [2.45, 2.75) is 6.92 Å². The first-order valence-corrected chi connectivity index (χ1v) is 7.93. The number of nitrogens with zero attached hydrogens (tertiary/aromatic N) is 2. The van der Waals surface area contributed by atoms with E-state index in [2.05, 4.69) is 20.6 Å². The molecule has 1 heterocycles. The third kappa shape index (κ3) is 4.31. The van der Waals surface area contributed by atoms with Crippen molar-refractivity contribution in [3.05, 3.63) is 76.6 Å². The fraction of sp³-hybridized carbons (Fsp3) is 0.0556. The van der Waals surface area contributed by atoms with Gasteiger partial charge in [0, 0.05) is 17.1 Å². The third-order valence-electron chi connectivity index (χ3n) is 3.36. The number of rotatable bonds is 4. The highest BCUT2D eigenvalue weighted by molar-refractivity contribution is 6.31. The molecule has 0 aliphatic rings. The number of halogens is 3. The second-order valence-corrected chi connectivity index (χ2v) is 5.84. The van der Waals surface area contributed by atoms with Gasteiger partial charge in [-0.05, 0) is 55.5 Å². The molecule has 0 radical (unpaired) electrons. The normalized spacial score (nSPS) is 10.5. The van der Waals surface area contributed by atoms with E-state index in [9.17, 15) is 13.6 Å². The summed E-state index contributed by atoms with van der Waals surface area (Å²) in [5, 5.41) is 5.46. The topological polar surface area (TPSA) is 66.9 Å². The number of benzene rings is 2. The van der Waals surface area contributed by atoms with Gasteiger partial charge >= 0.3 is 0 Å². The van der Waals surface area contributed by atoms with Gasteiger partial charge in [0.25, 0.3) is 5.91 Å². The molecule has 8 heteroatoms. The van der Waals surface area contributed by atoms with Crippen molar-refractivity contribution in [2.75, 3.05) is 10.6 Å². The molecule has 0 aliphatic carbocycles. The Hall–Kier alpha value is -3.06. The molecule has 2 aromatic carbocycles. The summed E-state index contributed by atoms with van der Waals surface area (Å²) in [7, 11) is 0. The predicted molar refractivity (Wildman–Crippen MR) is 95.8 cm³/mol. The molecule has 0 unspecified atom stereocenters. The molecule has 2 N–H and O–H groups in total. The van der Waals surface area contributed by atoms with Crippen molar-refractivity contribution in [2.24, 2.45) is 0 Å². The van der Waals surface area contributed by atoms with Crippen LogP contribution in [0.2, 0.25) is 5.02 Å². The van der Waals surface area contributed by atoms with Crippen LogP contribution in [-0.4, -0.2) is 15.9 Å². The Labute approximate surface area is 153 Å². The van der Waals surface area contributed by atoms with Gasteiger partial charge in [-0.2, -0.15) is 0 Å². The van der Waals surface area contributed by atoms with Gasteiger partial charge in [-0.25, -0.2) is 18.7 Å². The van der Waals surface area contributed by atoms with Crippen LogP contribution in [0.1, 0.15) is 16.2 Å². The third-order valence-corrected chi connectivity index (χ3v) is 3.65. The van der Waals surface area contributed by atoms with E-state index in [1.165, 1.54) is 48.5 Å². The van der Waals surface area contributed by atoms with E-state index in [1.54, 1.807) is 6.92 Å². The zero-order valence-electron chi connectivity index (χ0n) is 13.6. The van der Waals surface area contributed by atoms with Crippen LogP contribution in [0.15, 0.2) is 48.5 Å². The lowest BCUT2D eigenvalue weighted by Gasteiger charge is -2.09. The number of carbonyl (C=O) groups excluding carboxylic acids is 1. The van der Waals surface area contributed by atoms with Gasteiger partial charge in [0.05, 0.1) is 5.02 Å². The largest absolute Gasteiger partial charge is 0.324 e. The maximum Gasteiger partial charge on any atom is 0.274 e. The first-order valence-electron chi connectivity index (χ1n) is 7.55. The number of aromatic nitrogens is 2. The Morgan fingerprint density at radius 1 is 1.00 bits per heavy atom. The summed E-state index contributed by atoms with van der Waals surface area (Å²) in [6.45, 7) is 1.71. The van der Waals surface area contributed by atoms with E-state index in [1.807, 2.05) is 0 Å². The number of hydrogen-bond acceptors (Lipinski definition) is 4. The summed E-state index contributed by atoms with van der Waals surface area (Å²) >= 11 is 5.75. The number of hydrogen-bond donors (Lipinski definition) is 2. The summed E-state index contributed by atoms with van der Waals surface area (Å²) in [5.74, 6) is -1.24. The molecule has 0 fully saturated rings. The molecule has 0 spiro atoms. The van der Waals surface area contributed by atoms with Crippen LogP contribution < -0.4 is 10.6 Å². The van der Waals surface area contributed by atoms with Crippen LogP contribution in [0, 0.1) is 18.6 Å². The number of anilines is 3. The van der Waals surface area contributed by atoms with Crippen LogP contribution >= 0.6 is 11.6 Å². The molecular formula is C18H13ClF2N4O. The zero-order chi connectivity index (χ0) is 18.7. The van der Waals surface area contributed by atoms with E-state index in [0.717, 1.165) is 0 Å². The van der Waals surface area contributed by atoms with Crippen molar-refractivity contribution >= 4 is 34.8 Å². The molecule has 26 heavy (non-hydrogen) atoms. The molecule has 0 atom stereocenters. The number of carbonyl (C=O) groups is 1. The average Bonchev–Trinajstić information content (AvgIpc) is 2.59. The number of aryl methyl sites for hydroxylation is 1. The Morgan fingerprint density at radius 3 is 2.38 bits per heavy atom. The highest BCUT2D eigenvalue weighted by Gasteiger charge is 2.12. The van der Waals surface area contributed by atoms with Gasteiger partial charge in [-0.15, -0.1) is 0 Å². The van der Waals surface area contributed by atoms with Gasteiger partial charge in [0.2, 0.25) is 5.95 Å². The minimum Gasteiger partial charge on any atom is -0.324 e. The minimum atomic E-state index is -0.540. The molecule has 5 nitrogen and oxygen atoms in total. The Kier molecular flexibility index (Phi) is 5.09. The summed E-state index contributed by atoms with van der Waals surface area (Å²) in [4.78, 5) is 20.7. The molecule has 3 aromatic rings. The van der Waals surface area contributed by atoms with Crippen LogP contribution in [0.25, 0.3) is 0 Å². The standard InChI is InChI=1S/C18H13ClF2N4O/c1-10-8-16(17(26)23-12-4-2-11(20)3-5-12)25-18(22-10)24-13-6-7-15(21)14(19)9-13/h2-9H,1H3,(H,23,26)(H,22,24,25). The highest BCUT2D eigenvalue weighted by atomic mass is 35.5. The molecule has 3 rings (SSSR count). The second kappa shape index (κ2) is 7.45. The van der Waals surface area contributed by atoms with Gasteiger partial charge in [0.15, 0.2) is 0 Å². The van der Waals surface area contributed by atoms with Crippen molar-refractivity contribution in [1.29, 1.82) is 0 Å². The summed E-state index contributed by atoms with van der Waals surface area (Å²) in [6, 6.07) is 11.0. The Morgan fingerprint density at radius 2 is 1.69 bits per heavy atom. The number of nitrogens with one attached hydrogen (secondary N) is 2. The molecule has 1 aromatic heterocycles. The van der Waals surface area contributed by atoms with E-state index < -0.39 is 17.5 Å². The fourth-order valence-corrected chi connectivity index (χ4v) is 2.35. The Balaban J connectivity index is 1.81. The molecule has 1 amide bonds. The fourth-order valence-electron chi connectivity index (χ4n) is 2.17. The van der Waals surface area contributed by atoms with E-state index in [-0.39, 0.29) is 16.7 Å². The predicted octanol–water partition coefficient (Wildman–Crippen LogP) is 4.71. The van der Waals surface area contributed by atoms with Crippen LogP contribution in [0.3, 0.4) is 0 Å². The zero-order valence-corrected chi connectivity index (χ0v) is 14.3. The van der Waals surface area contributed by atoms with Gasteiger partial charge < -0.3 is 10.6 Å². The summed E-state index contributed by atoms with van der Waals surface area (Å²) < 4.78 is 26.2.